The summed E-state index contributed by atoms with van der Waals surface area (Å²) in [4.78, 5) is 21.8. The smallest absolute Gasteiger partial charge is 0.251 e. The van der Waals surface area contributed by atoms with Crippen molar-refractivity contribution in [3.05, 3.63) is 65.5 Å². The van der Waals surface area contributed by atoms with Crippen LogP contribution in [0.15, 0.2) is 48.5 Å². The highest BCUT2D eigenvalue weighted by Gasteiger charge is 2.45. The third-order valence-corrected chi connectivity index (χ3v) is 6.19. The van der Waals surface area contributed by atoms with E-state index in [0.717, 1.165) is 50.3 Å². The molecule has 0 aliphatic carbocycles. The van der Waals surface area contributed by atoms with Crippen LogP contribution >= 0.6 is 12.4 Å². The fourth-order valence-electron chi connectivity index (χ4n) is 4.55. The van der Waals surface area contributed by atoms with Crippen molar-refractivity contribution in [3.8, 4) is 0 Å². The van der Waals surface area contributed by atoms with Crippen molar-refractivity contribution >= 4 is 18.3 Å². The lowest BCUT2D eigenvalue weighted by molar-refractivity contribution is -0.190. The number of carbonyl (C=O) groups is 1. The SMILES string of the molecule is Cc1cccc(CN2CC3(CCN(CCc4ccccc4)CC3)OC(C)C2=O)n1.Cl. The van der Waals surface area contributed by atoms with Gasteiger partial charge in [0.15, 0.2) is 0 Å². The third kappa shape index (κ3) is 5.39. The molecule has 5 nitrogen and oxygen atoms in total. The van der Waals surface area contributed by atoms with Gasteiger partial charge in [0.25, 0.3) is 5.91 Å². The molecule has 2 aliphatic heterocycles. The topological polar surface area (TPSA) is 45.7 Å². The van der Waals surface area contributed by atoms with Crippen molar-refractivity contribution in [2.45, 2.75) is 51.4 Å². The molecule has 3 heterocycles. The lowest BCUT2D eigenvalue weighted by Gasteiger charge is -2.49. The van der Waals surface area contributed by atoms with E-state index in [1.165, 1.54) is 5.56 Å². The molecule has 1 aromatic carbocycles. The number of morpholine rings is 1. The maximum absolute atomic E-state index is 12.7. The Morgan fingerprint density at radius 3 is 2.53 bits per heavy atom. The van der Waals surface area contributed by atoms with Crippen molar-refractivity contribution < 1.29 is 9.53 Å². The number of aryl methyl sites for hydroxylation is 1. The van der Waals surface area contributed by atoms with Crippen LogP contribution in [0, 0.1) is 6.92 Å². The van der Waals surface area contributed by atoms with Crippen LogP contribution in [0.5, 0.6) is 0 Å². The molecule has 2 saturated heterocycles. The highest BCUT2D eigenvalue weighted by atomic mass is 35.5. The van der Waals surface area contributed by atoms with Gasteiger partial charge >= 0.3 is 0 Å². The largest absolute Gasteiger partial charge is 0.360 e. The fourth-order valence-corrected chi connectivity index (χ4v) is 4.55. The lowest BCUT2D eigenvalue weighted by Crippen LogP contribution is -2.61. The van der Waals surface area contributed by atoms with Gasteiger partial charge < -0.3 is 14.5 Å². The van der Waals surface area contributed by atoms with Crippen LogP contribution in [0.1, 0.15) is 36.7 Å². The van der Waals surface area contributed by atoms with Gasteiger partial charge in [-0.1, -0.05) is 36.4 Å². The average molecular weight is 430 g/mol. The van der Waals surface area contributed by atoms with Gasteiger partial charge in [0.05, 0.1) is 24.4 Å². The Bertz CT molecular complexity index is 837. The number of halogens is 1. The number of piperidine rings is 1. The Morgan fingerprint density at radius 1 is 1.10 bits per heavy atom. The number of carbonyl (C=O) groups excluding carboxylic acids is 1. The number of aromatic nitrogens is 1. The summed E-state index contributed by atoms with van der Waals surface area (Å²) in [5.74, 6) is 0.0745. The second kappa shape index (κ2) is 9.90. The molecule has 0 bridgehead atoms. The Morgan fingerprint density at radius 2 is 1.83 bits per heavy atom. The van der Waals surface area contributed by atoms with E-state index in [4.69, 9.17) is 4.74 Å². The summed E-state index contributed by atoms with van der Waals surface area (Å²) in [7, 11) is 0. The van der Waals surface area contributed by atoms with E-state index in [9.17, 15) is 4.79 Å². The second-order valence-electron chi connectivity index (χ2n) is 8.48. The van der Waals surface area contributed by atoms with Crippen molar-refractivity contribution in [2.24, 2.45) is 0 Å². The van der Waals surface area contributed by atoms with E-state index >= 15 is 0 Å². The first-order chi connectivity index (χ1) is 14.0. The van der Waals surface area contributed by atoms with Crippen molar-refractivity contribution in [3.63, 3.8) is 0 Å². The summed E-state index contributed by atoms with van der Waals surface area (Å²) in [5.41, 5.74) is 3.10. The van der Waals surface area contributed by atoms with Crippen LogP contribution < -0.4 is 0 Å². The average Bonchev–Trinajstić information content (AvgIpc) is 2.72. The summed E-state index contributed by atoms with van der Waals surface area (Å²) in [5, 5.41) is 0. The van der Waals surface area contributed by atoms with Crippen molar-refractivity contribution in [2.75, 3.05) is 26.2 Å². The Hall–Kier alpha value is -1.95. The first kappa shape index (κ1) is 22.7. The number of hydrogen-bond acceptors (Lipinski definition) is 4. The molecule has 6 heteroatoms. The van der Waals surface area contributed by atoms with Gasteiger partial charge in [0.2, 0.25) is 0 Å². The molecule has 1 amide bonds. The number of nitrogens with zero attached hydrogens (tertiary/aromatic N) is 3. The van der Waals surface area contributed by atoms with Crippen LogP contribution in [0.25, 0.3) is 0 Å². The third-order valence-electron chi connectivity index (χ3n) is 6.19. The summed E-state index contributed by atoms with van der Waals surface area (Å²) in [6.07, 6.45) is 2.63. The lowest BCUT2D eigenvalue weighted by atomic mass is 9.88. The van der Waals surface area contributed by atoms with Crippen LogP contribution in [-0.2, 0) is 22.5 Å². The van der Waals surface area contributed by atoms with E-state index < -0.39 is 0 Å². The van der Waals surface area contributed by atoms with Gasteiger partial charge in [-0.2, -0.15) is 0 Å². The van der Waals surface area contributed by atoms with Gasteiger partial charge in [-0.3, -0.25) is 9.78 Å². The second-order valence-corrected chi connectivity index (χ2v) is 8.48. The number of benzene rings is 1. The monoisotopic (exact) mass is 429 g/mol. The van der Waals surface area contributed by atoms with E-state index in [1.54, 1.807) is 0 Å². The predicted octanol–water partition coefficient (Wildman–Crippen LogP) is 3.64. The highest BCUT2D eigenvalue weighted by Crippen LogP contribution is 2.33. The van der Waals surface area contributed by atoms with Gasteiger partial charge in [0.1, 0.15) is 6.10 Å². The van der Waals surface area contributed by atoms with Gasteiger partial charge in [-0.15, -0.1) is 12.4 Å². The molecule has 2 fully saturated rings. The molecule has 0 saturated carbocycles. The summed E-state index contributed by atoms with van der Waals surface area (Å²) < 4.78 is 6.29. The normalized spacial score (nSPS) is 21.5. The van der Waals surface area contributed by atoms with Crippen molar-refractivity contribution in [1.29, 1.82) is 0 Å². The van der Waals surface area contributed by atoms with Gasteiger partial charge in [0, 0.05) is 25.3 Å². The molecular formula is C24H32ClN3O2. The first-order valence-corrected chi connectivity index (χ1v) is 10.7. The van der Waals surface area contributed by atoms with Crippen LogP contribution in [0.2, 0.25) is 0 Å². The minimum Gasteiger partial charge on any atom is -0.360 e. The zero-order valence-corrected chi connectivity index (χ0v) is 18.7. The van der Waals surface area contributed by atoms with Crippen LogP contribution in [0.3, 0.4) is 0 Å². The molecule has 1 atom stereocenters. The Balaban J connectivity index is 0.00000256. The van der Waals surface area contributed by atoms with Gasteiger partial charge in [-0.25, -0.2) is 0 Å². The van der Waals surface area contributed by atoms with Crippen LogP contribution in [-0.4, -0.2) is 58.6 Å². The minimum atomic E-state index is -0.385. The molecule has 4 rings (SSSR count). The maximum Gasteiger partial charge on any atom is 0.251 e. The predicted molar refractivity (Wildman–Crippen MR) is 121 cm³/mol. The van der Waals surface area contributed by atoms with E-state index in [0.29, 0.717) is 13.1 Å². The minimum absolute atomic E-state index is 0. The van der Waals surface area contributed by atoms with Gasteiger partial charge in [-0.05, 0) is 50.8 Å². The number of hydrogen-bond donors (Lipinski definition) is 0. The molecule has 0 radical (unpaired) electrons. The molecule has 1 aromatic heterocycles. The molecule has 2 aromatic rings. The molecule has 30 heavy (non-hydrogen) atoms. The maximum atomic E-state index is 12.7. The number of pyridine rings is 1. The summed E-state index contributed by atoms with van der Waals surface area (Å²) in [6, 6.07) is 16.7. The van der Waals surface area contributed by atoms with Crippen LogP contribution in [0.4, 0.5) is 0 Å². The molecular weight excluding hydrogens is 398 g/mol. The van der Waals surface area contributed by atoms with E-state index in [2.05, 4.69) is 40.2 Å². The van der Waals surface area contributed by atoms with E-state index in [1.807, 2.05) is 36.9 Å². The molecule has 1 unspecified atom stereocenters. The summed E-state index contributed by atoms with van der Waals surface area (Å²) in [6.45, 7) is 8.22. The molecule has 2 aliphatic rings. The Kier molecular flexibility index (Phi) is 7.50. The molecule has 0 N–H and O–H groups in total. The number of likely N-dealkylation sites (tertiary alicyclic amines) is 1. The molecule has 1 spiro atoms. The zero-order valence-electron chi connectivity index (χ0n) is 17.9. The highest BCUT2D eigenvalue weighted by molar-refractivity contribution is 5.85. The Labute approximate surface area is 185 Å². The quantitative estimate of drug-likeness (QED) is 0.728. The molecule has 162 valence electrons. The number of rotatable bonds is 5. The number of ether oxygens (including phenoxy) is 1. The first-order valence-electron chi connectivity index (χ1n) is 10.7. The standard InChI is InChI=1S/C24H31N3O2.ClH/c1-19-7-6-10-22(25-19)17-27-18-24(29-20(2)23(27)28)12-15-26(16-13-24)14-11-21-8-4-3-5-9-21;/h3-10,20H,11-18H2,1-2H3;1H. The fraction of sp³-hybridized carbons (Fsp3) is 0.500. The van der Waals surface area contributed by atoms with Crippen molar-refractivity contribution in [1.82, 2.24) is 14.8 Å². The summed E-state index contributed by atoms with van der Waals surface area (Å²) >= 11 is 0. The number of amides is 1. The zero-order chi connectivity index (χ0) is 20.3. The van der Waals surface area contributed by atoms with E-state index in [-0.39, 0.29) is 30.0 Å².